The summed E-state index contributed by atoms with van der Waals surface area (Å²) in [6, 6.07) is 12.7. The minimum Gasteiger partial charge on any atom is -0.494 e. The van der Waals surface area contributed by atoms with Gasteiger partial charge in [0.05, 0.1) is 20.8 Å². The second kappa shape index (κ2) is 9.09. The lowest BCUT2D eigenvalue weighted by Gasteiger charge is -2.09. The van der Waals surface area contributed by atoms with Gasteiger partial charge in [-0.25, -0.2) is 4.98 Å². The number of nitrogens with zero attached hydrogens (tertiary/aromatic N) is 1. The van der Waals surface area contributed by atoms with Crippen LogP contribution in [0.15, 0.2) is 47.8 Å². The minimum atomic E-state index is -0.277. The highest BCUT2D eigenvalue weighted by molar-refractivity contribution is 7.14. The van der Waals surface area contributed by atoms with Gasteiger partial charge in [-0.1, -0.05) is 0 Å². The van der Waals surface area contributed by atoms with E-state index >= 15 is 0 Å². The van der Waals surface area contributed by atoms with E-state index < -0.39 is 0 Å². The van der Waals surface area contributed by atoms with Gasteiger partial charge < -0.3 is 24.8 Å². The fraction of sp³-hybridized carbons (Fsp3) is 0.200. The first kappa shape index (κ1) is 19.5. The Morgan fingerprint density at radius 2 is 1.75 bits per heavy atom. The van der Waals surface area contributed by atoms with Crippen LogP contribution in [0.5, 0.6) is 17.2 Å². The van der Waals surface area contributed by atoms with Crippen molar-refractivity contribution >= 4 is 33.8 Å². The van der Waals surface area contributed by atoms with Gasteiger partial charge >= 0.3 is 0 Å². The Balaban J connectivity index is 1.65. The normalized spacial score (nSPS) is 10.2. The number of hydrogen-bond donors (Lipinski definition) is 2. The SMILES string of the molecule is CCOc1ccc(NC(=O)c2csc(Nc3ccc(OC)c(OC)c3)n2)cc1. The van der Waals surface area contributed by atoms with Crippen LogP contribution in [0.1, 0.15) is 17.4 Å². The molecule has 0 aliphatic rings. The maximum atomic E-state index is 12.4. The van der Waals surface area contributed by atoms with Gasteiger partial charge in [-0.15, -0.1) is 11.3 Å². The number of anilines is 3. The van der Waals surface area contributed by atoms with Crippen LogP contribution in [0.3, 0.4) is 0 Å². The summed E-state index contributed by atoms with van der Waals surface area (Å²) in [5, 5.41) is 8.29. The number of benzene rings is 2. The van der Waals surface area contributed by atoms with E-state index in [9.17, 15) is 4.79 Å². The van der Waals surface area contributed by atoms with Crippen molar-refractivity contribution in [2.45, 2.75) is 6.92 Å². The highest BCUT2D eigenvalue weighted by Gasteiger charge is 2.12. The summed E-state index contributed by atoms with van der Waals surface area (Å²) in [5.74, 6) is 1.73. The summed E-state index contributed by atoms with van der Waals surface area (Å²) >= 11 is 1.34. The predicted molar refractivity (Wildman–Crippen MR) is 111 cm³/mol. The van der Waals surface area contributed by atoms with Crippen LogP contribution < -0.4 is 24.8 Å². The van der Waals surface area contributed by atoms with Crippen molar-refractivity contribution in [3.05, 3.63) is 53.5 Å². The summed E-state index contributed by atoms with van der Waals surface area (Å²) in [7, 11) is 3.16. The second-order valence-electron chi connectivity index (χ2n) is 5.64. The fourth-order valence-electron chi connectivity index (χ4n) is 2.47. The smallest absolute Gasteiger partial charge is 0.275 e. The molecule has 1 heterocycles. The average Bonchev–Trinajstić information content (AvgIpc) is 3.18. The molecular weight excluding hydrogens is 378 g/mol. The Morgan fingerprint density at radius 1 is 1.04 bits per heavy atom. The quantitative estimate of drug-likeness (QED) is 0.578. The third-order valence-corrected chi connectivity index (χ3v) is 4.55. The number of methoxy groups -OCH3 is 2. The molecule has 0 saturated carbocycles. The number of hydrogen-bond acceptors (Lipinski definition) is 7. The largest absolute Gasteiger partial charge is 0.494 e. The molecule has 3 rings (SSSR count). The summed E-state index contributed by atoms with van der Waals surface area (Å²) in [4.78, 5) is 16.8. The molecule has 0 bridgehead atoms. The standard InChI is InChI=1S/C20H21N3O4S/c1-4-27-15-8-5-13(6-9-15)21-19(24)16-12-28-20(23-16)22-14-7-10-17(25-2)18(11-14)26-3/h5-12H,4H2,1-3H3,(H,21,24)(H,22,23). The summed E-state index contributed by atoms with van der Waals surface area (Å²) in [6.45, 7) is 2.52. The van der Waals surface area contributed by atoms with Gasteiger partial charge in [0.15, 0.2) is 16.6 Å². The van der Waals surface area contributed by atoms with Gasteiger partial charge in [-0.05, 0) is 43.3 Å². The van der Waals surface area contributed by atoms with E-state index in [1.807, 2.05) is 25.1 Å². The molecule has 0 radical (unpaired) electrons. The Hall–Kier alpha value is -3.26. The first-order valence-electron chi connectivity index (χ1n) is 8.61. The van der Waals surface area contributed by atoms with Crippen molar-refractivity contribution in [3.63, 3.8) is 0 Å². The van der Waals surface area contributed by atoms with Gasteiger partial charge in [0, 0.05) is 22.8 Å². The van der Waals surface area contributed by atoms with Crippen molar-refractivity contribution in [3.8, 4) is 17.2 Å². The van der Waals surface area contributed by atoms with Crippen molar-refractivity contribution < 1.29 is 19.0 Å². The topological polar surface area (TPSA) is 81.7 Å². The Kier molecular flexibility index (Phi) is 6.33. The van der Waals surface area contributed by atoms with Crippen LogP contribution in [0, 0.1) is 0 Å². The number of rotatable bonds is 8. The molecule has 3 aromatic rings. The Morgan fingerprint density at radius 3 is 2.43 bits per heavy atom. The van der Waals surface area contributed by atoms with Crippen LogP contribution in [-0.4, -0.2) is 31.7 Å². The zero-order valence-corrected chi connectivity index (χ0v) is 16.6. The molecule has 0 aliphatic carbocycles. The molecule has 2 N–H and O–H groups in total. The molecule has 1 aromatic heterocycles. The van der Waals surface area contributed by atoms with Crippen LogP contribution in [0.4, 0.5) is 16.5 Å². The van der Waals surface area contributed by atoms with E-state index in [4.69, 9.17) is 14.2 Å². The lowest BCUT2D eigenvalue weighted by atomic mass is 10.3. The maximum Gasteiger partial charge on any atom is 0.275 e. The zero-order valence-electron chi connectivity index (χ0n) is 15.8. The number of amides is 1. The molecule has 0 fully saturated rings. The molecule has 7 nitrogen and oxygen atoms in total. The van der Waals surface area contributed by atoms with Crippen molar-refractivity contribution in [1.29, 1.82) is 0 Å². The molecule has 0 saturated heterocycles. The van der Waals surface area contributed by atoms with Gasteiger partial charge in [0.25, 0.3) is 5.91 Å². The molecule has 28 heavy (non-hydrogen) atoms. The highest BCUT2D eigenvalue weighted by Crippen LogP contribution is 2.31. The monoisotopic (exact) mass is 399 g/mol. The molecule has 146 valence electrons. The molecule has 0 atom stereocenters. The van der Waals surface area contributed by atoms with Crippen molar-refractivity contribution in [2.75, 3.05) is 31.5 Å². The first-order chi connectivity index (χ1) is 13.6. The molecule has 0 spiro atoms. The van der Waals surface area contributed by atoms with E-state index in [0.717, 1.165) is 11.4 Å². The van der Waals surface area contributed by atoms with Crippen LogP contribution in [0.25, 0.3) is 0 Å². The van der Waals surface area contributed by atoms with Gasteiger partial charge in [0.2, 0.25) is 0 Å². The number of aromatic nitrogens is 1. The second-order valence-corrected chi connectivity index (χ2v) is 6.50. The number of carbonyl (C=O) groups is 1. The van der Waals surface area contributed by atoms with E-state index in [-0.39, 0.29) is 5.91 Å². The average molecular weight is 399 g/mol. The van der Waals surface area contributed by atoms with E-state index in [1.165, 1.54) is 11.3 Å². The van der Waals surface area contributed by atoms with Crippen LogP contribution in [-0.2, 0) is 0 Å². The van der Waals surface area contributed by atoms with Crippen LogP contribution >= 0.6 is 11.3 Å². The molecule has 0 unspecified atom stereocenters. The maximum absolute atomic E-state index is 12.4. The van der Waals surface area contributed by atoms with E-state index in [0.29, 0.717) is 34.6 Å². The molecule has 2 aromatic carbocycles. The summed E-state index contributed by atoms with van der Waals surface area (Å²) in [5.41, 5.74) is 1.79. The Bertz CT molecular complexity index is 941. The number of carbonyl (C=O) groups excluding carboxylic acids is 1. The van der Waals surface area contributed by atoms with E-state index in [2.05, 4.69) is 15.6 Å². The summed E-state index contributed by atoms with van der Waals surface area (Å²) in [6.07, 6.45) is 0. The molecule has 0 aliphatic heterocycles. The fourth-order valence-corrected chi connectivity index (χ4v) is 3.18. The summed E-state index contributed by atoms with van der Waals surface area (Å²) < 4.78 is 15.9. The van der Waals surface area contributed by atoms with Crippen molar-refractivity contribution in [2.24, 2.45) is 0 Å². The number of nitrogens with one attached hydrogen (secondary N) is 2. The van der Waals surface area contributed by atoms with Crippen molar-refractivity contribution in [1.82, 2.24) is 4.98 Å². The minimum absolute atomic E-state index is 0.277. The first-order valence-corrected chi connectivity index (χ1v) is 9.49. The third kappa shape index (κ3) is 4.72. The highest BCUT2D eigenvalue weighted by atomic mass is 32.1. The lowest BCUT2D eigenvalue weighted by molar-refractivity contribution is 0.102. The molecular formula is C20H21N3O4S. The van der Waals surface area contributed by atoms with Gasteiger partial charge in [0.1, 0.15) is 11.4 Å². The van der Waals surface area contributed by atoms with Crippen LogP contribution in [0.2, 0.25) is 0 Å². The van der Waals surface area contributed by atoms with Gasteiger partial charge in [-0.3, -0.25) is 4.79 Å². The molecule has 8 heteroatoms. The Labute approximate surface area is 167 Å². The third-order valence-electron chi connectivity index (χ3n) is 3.79. The molecule has 1 amide bonds. The zero-order chi connectivity index (χ0) is 19.9. The predicted octanol–water partition coefficient (Wildman–Crippen LogP) is 4.55. The lowest BCUT2D eigenvalue weighted by Crippen LogP contribution is -2.12. The van der Waals surface area contributed by atoms with E-state index in [1.54, 1.807) is 43.9 Å². The van der Waals surface area contributed by atoms with Gasteiger partial charge in [-0.2, -0.15) is 0 Å². The number of thiazole rings is 1. The number of ether oxygens (including phenoxy) is 3.